The van der Waals surface area contributed by atoms with Gasteiger partial charge in [-0.05, 0) is 41.7 Å². The Balaban J connectivity index is 1.81. The van der Waals surface area contributed by atoms with Gasteiger partial charge in [0.05, 0.1) is 11.9 Å². The van der Waals surface area contributed by atoms with Crippen LogP contribution in [0.25, 0.3) is 0 Å². The number of carbonyl (C=O) groups excluding carboxylic acids is 2. The largest absolute Gasteiger partial charge is 0.357 e. The van der Waals surface area contributed by atoms with Crippen molar-refractivity contribution in [2.75, 3.05) is 24.2 Å². The summed E-state index contributed by atoms with van der Waals surface area (Å²) < 4.78 is 26.4. The van der Waals surface area contributed by atoms with Gasteiger partial charge in [-0.25, -0.2) is 8.42 Å². The number of nitrogens with zero attached hydrogens (tertiary/aromatic N) is 2. The number of aryl methyl sites for hydroxylation is 1. The molecule has 1 atom stereocenters. The first-order valence-corrected chi connectivity index (χ1v) is 14.7. The monoisotopic (exact) mass is 535 g/mol. The van der Waals surface area contributed by atoms with E-state index in [-0.39, 0.29) is 31.3 Å². The smallest absolute Gasteiger partial charge is 0.242 e. The van der Waals surface area contributed by atoms with Crippen LogP contribution in [0.2, 0.25) is 0 Å². The number of benzene rings is 3. The lowest BCUT2D eigenvalue weighted by atomic mass is 10.0. The van der Waals surface area contributed by atoms with Gasteiger partial charge in [-0.1, -0.05) is 79.7 Å². The van der Waals surface area contributed by atoms with Crippen molar-refractivity contribution in [3.05, 3.63) is 102 Å². The number of hydrogen-bond donors (Lipinski definition) is 1. The number of carbonyl (C=O) groups is 2. The highest BCUT2D eigenvalue weighted by Crippen LogP contribution is 2.21. The van der Waals surface area contributed by atoms with Crippen LogP contribution in [0.4, 0.5) is 5.69 Å². The molecule has 0 aliphatic rings. The second kappa shape index (κ2) is 13.8. The molecule has 0 unspecified atom stereocenters. The Morgan fingerprint density at radius 3 is 1.95 bits per heavy atom. The van der Waals surface area contributed by atoms with Crippen molar-refractivity contribution in [1.29, 1.82) is 0 Å². The van der Waals surface area contributed by atoms with Gasteiger partial charge in [0.1, 0.15) is 6.04 Å². The third-order valence-corrected chi connectivity index (χ3v) is 7.69. The van der Waals surface area contributed by atoms with E-state index in [1.807, 2.05) is 79.7 Å². The summed E-state index contributed by atoms with van der Waals surface area (Å²) in [6, 6.07) is 25.9. The molecule has 0 saturated heterocycles. The molecular weight excluding hydrogens is 498 g/mol. The average Bonchev–Trinajstić information content (AvgIpc) is 2.93. The number of rotatable bonds is 13. The standard InChI is InChI=1S/C30H37N3O4S/c1-4-24-17-19-27(20-18-24)33(38(3,36)37)21-11-16-29(34)32(23-26-14-9-6-10-15-26)28(30(35)31-2)22-25-12-7-5-8-13-25/h5-10,12-15,17-20,28H,4,11,16,21-23H2,1-3H3,(H,31,35)/t28-/m0/s1. The van der Waals surface area contributed by atoms with Crippen LogP contribution in [0.5, 0.6) is 0 Å². The van der Waals surface area contributed by atoms with E-state index >= 15 is 0 Å². The minimum atomic E-state index is -3.53. The minimum Gasteiger partial charge on any atom is -0.357 e. The fraction of sp³-hybridized carbons (Fsp3) is 0.333. The first-order chi connectivity index (χ1) is 18.2. The average molecular weight is 536 g/mol. The predicted molar refractivity (Wildman–Crippen MR) is 152 cm³/mol. The van der Waals surface area contributed by atoms with Crippen LogP contribution in [0.3, 0.4) is 0 Å². The number of sulfonamides is 1. The van der Waals surface area contributed by atoms with Crippen molar-refractivity contribution in [2.45, 2.75) is 45.2 Å². The van der Waals surface area contributed by atoms with Gasteiger partial charge < -0.3 is 10.2 Å². The van der Waals surface area contributed by atoms with Crippen LogP contribution in [0.1, 0.15) is 36.5 Å². The summed E-state index contributed by atoms with van der Waals surface area (Å²) in [6.45, 7) is 2.48. The Bertz CT molecular complexity index is 1280. The first kappa shape index (κ1) is 28.9. The molecule has 0 heterocycles. The molecule has 0 radical (unpaired) electrons. The molecule has 3 aromatic rings. The number of anilines is 1. The van der Waals surface area contributed by atoms with Crippen LogP contribution in [-0.2, 0) is 39.0 Å². The number of hydrogen-bond acceptors (Lipinski definition) is 4. The van der Waals surface area contributed by atoms with Crippen molar-refractivity contribution in [3.63, 3.8) is 0 Å². The van der Waals surface area contributed by atoms with Gasteiger partial charge in [0.15, 0.2) is 0 Å². The van der Waals surface area contributed by atoms with E-state index in [4.69, 9.17) is 0 Å². The molecule has 0 aliphatic heterocycles. The first-order valence-electron chi connectivity index (χ1n) is 12.9. The second-order valence-electron chi connectivity index (χ2n) is 9.29. The minimum absolute atomic E-state index is 0.105. The number of amides is 2. The van der Waals surface area contributed by atoms with E-state index in [1.165, 1.54) is 10.6 Å². The topological polar surface area (TPSA) is 86.8 Å². The molecule has 8 heteroatoms. The highest BCUT2D eigenvalue weighted by atomic mass is 32.2. The zero-order valence-corrected chi connectivity index (χ0v) is 23.2. The molecule has 0 aromatic heterocycles. The van der Waals surface area contributed by atoms with Crippen LogP contribution >= 0.6 is 0 Å². The predicted octanol–water partition coefficient (Wildman–Crippen LogP) is 4.18. The van der Waals surface area contributed by atoms with Gasteiger partial charge >= 0.3 is 0 Å². The van der Waals surface area contributed by atoms with E-state index in [2.05, 4.69) is 5.32 Å². The lowest BCUT2D eigenvalue weighted by Crippen LogP contribution is -2.49. The van der Waals surface area contributed by atoms with Crippen LogP contribution in [0.15, 0.2) is 84.9 Å². The number of likely N-dealkylation sites (N-methyl/N-ethyl adjacent to an activating group) is 1. The molecule has 7 nitrogen and oxygen atoms in total. The summed E-state index contributed by atoms with van der Waals surface area (Å²) in [7, 11) is -1.97. The summed E-state index contributed by atoms with van der Waals surface area (Å²) in [6.07, 6.45) is 2.83. The summed E-state index contributed by atoms with van der Waals surface area (Å²) in [4.78, 5) is 28.3. The maximum atomic E-state index is 13.6. The van der Waals surface area contributed by atoms with Gasteiger partial charge in [-0.3, -0.25) is 13.9 Å². The van der Waals surface area contributed by atoms with Crippen molar-refractivity contribution >= 4 is 27.5 Å². The molecule has 0 aliphatic carbocycles. The summed E-state index contributed by atoms with van der Waals surface area (Å²) in [5, 5.41) is 2.71. The normalized spacial score (nSPS) is 12.0. The fourth-order valence-electron chi connectivity index (χ4n) is 4.40. The maximum absolute atomic E-state index is 13.6. The fourth-order valence-corrected chi connectivity index (χ4v) is 5.37. The molecule has 38 heavy (non-hydrogen) atoms. The maximum Gasteiger partial charge on any atom is 0.242 e. The van der Waals surface area contributed by atoms with E-state index < -0.39 is 16.1 Å². The van der Waals surface area contributed by atoms with E-state index in [0.29, 0.717) is 18.5 Å². The summed E-state index contributed by atoms with van der Waals surface area (Å²) >= 11 is 0. The third kappa shape index (κ3) is 8.18. The molecule has 0 spiro atoms. The molecule has 3 rings (SSSR count). The summed E-state index contributed by atoms with van der Waals surface area (Å²) in [5.41, 5.74) is 3.56. The van der Waals surface area contributed by atoms with Gasteiger partial charge in [-0.2, -0.15) is 0 Å². The Hall–Kier alpha value is -3.65. The molecule has 0 saturated carbocycles. The molecule has 2 amide bonds. The number of nitrogens with one attached hydrogen (secondary N) is 1. The van der Waals surface area contributed by atoms with Crippen molar-refractivity contribution < 1.29 is 18.0 Å². The van der Waals surface area contributed by atoms with Crippen molar-refractivity contribution in [2.24, 2.45) is 0 Å². The lowest BCUT2D eigenvalue weighted by molar-refractivity contribution is -0.141. The van der Waals surface area contributed by atoms with E-state index in [9.17, 15) is 18.0 Å². The second-order valence-corrected chi connectivity index (χ2v) is 11.2. The van der Waals surface area contributed by atoms with E-state index in [0.717, 1.165) is 23.1 Å². The van der Waals surface area contributed by atoms with Gasteiger partial charge in [0.25, 0.3) is 0 Å². The Morgan fingerprint density at radius 1 is 0.842 bits per heavy atom. The molecular formula is C30H37N3O4S. The van der Waals surface area contributed by atoms with Crippen molar-refractivity contribution in [3.8, 4) is 0 Å². The Labute approximate surface area is 226 Å². The zero-order valence-electron chi connectivity index (χ0n) is 22.3. The SMILES string of the molecule is CCc1ccc(N(CCCC(=O)N(Cc2ccccc2)[C@@H](Cc2ccccc2)C(=O)NC)S(C)(=O)=O)cc1. The van der Waals surface area contributed by atoms with E-state index in [1.54, 1.807) is 24.1 Å². The van der Waals surface area contributed by atoms with Gasteiger partial charge in [0, 0.05) is 33.0 Å². The quantitative estimate of drug-likeness (QED) is 0.356. The molecule has 0 fully saturated rings. The molecule has 0 bridgehead atoms. The van der Waals surface area contributed by atoms with Gasteiger partial charge in [-0.15, -0.1) is 0 Å². The van der Waals surface area contributed by atoms with Crippen LogP contribution in [0, 0.1) is 0 Å². The lowest BCUT2D eigenvalue weighted by Gasteiger charge is -2.31. The van der Waals surface area contributed by atoms with Crippen molar-refractivity contribution in [1.82, 2.24) is 10.2 Å². The zero-order chi connectivity index (χ0) is 27.5. The highest BCUT2D eigenvalue weighted by molar-refractivity contribution is 7.92. The summed E-state index contributed by atoms with van der Waals surface area (Å²) in [5.74, 6) is -0.444. The van der Waals surface area contributed by atoms with Crippen LogP contribution < -0.4 is 9.62 Å². The molecule has 1 N–H and O–H groups in total. The molecule has 3 aromatic carbocycles. The highest BCUT2D eigenvalue weighted by Gasteiger charge is 2.30. The van der Waals surface area contributed by atoms with Crippen LogP contribution in [-0.4, -0.2) is 51.0 Å². The third-order valence-electron chi connectivity index (χ3n) is 6.50. The Kier molecular flexibility index (Phi) is 10.5. The van der Waals surface area contributed by atoms with Gasteiger partial charge in [0.2, 0.25) is 21.8 Å². The Morgan fingerprint density at radius 2 is 1.42 bits per heavy atom. The molecule has 202 valence electrons.